The highest BCUT2D eigenvalue weighted by Gasteiger charge is 2.16. The highest BCUT2D eigenvalue weighted by Crippen LogP contribution is 2.27. The quantitative estimate of drug-likeness (QED) is 0.0645. The normalized spacial score (nSPS) is 10.1. The van der Waals surface area contributed by atoms with Crippen LogP contribution < -0.4 is 22.7 Å². The summed E-state index contributed by atoms with van der Waals surface area (Å²) in [4.78, 5) is 37.1. The molecule has 0 aliphatic carbocycles. The van der Waals surface area contributed by atoms with E-state index in [-0.39, 0.29) is 23.2 Å². The van der Waals surface area contributed by atoms with Crippen LogP contribution in [0.15, 0.2) is 74.5 Å². The van der Waals surface area contributed by atoms with Crippen molar-refractivity contribution in [1.29, 1.82) is 0 Å². The van der Waals surface area contributed by atoms with Crippen molar-refractivity contribution in [3.8, 4) is 23.0 Å². The number of aromatic carboxylic acids is 1. The Morgan fingerprint density at radius 3 is 2.07 bits per heavy atom. The van der Waals surface area contributed by atoms with Crippen LogP contribution in [-0.4, -0.2) is 47.1 Å². The van der Waals surface area contributed by atoms with Crippen LogP contribution in [-0.2, 0) is 10.7 Å². The molecule has 8 N–H and O–H groups in total. The molecule has 0 aliphatic rings. The van der Waals surface area contributed by atoms with Crippen LogP contribution in [0.1, 0.15) is 32.0 Å². The van der Waals surface area contributed by atoms with E-state index < -0.39 is 11.9 Å². The van der Waals surface area contributed by atoms with Gasteiger partial charge in [0.2, 0.25) is 5.89 Å². The number of alkyl halides is 2. The number of nitrogens with two attached hydrogens (primary N) is 3. The molecule has 0 fully saturated rings. The number of anilines is 2. The van der Waals surface area contributed by atoms with E-state index in [1.807, 2.05) is 35.8 Å². The Labute approximate surface area is 283 Å². The molecule has 2 aromatic carbocycles. The number of halogens is 4. The van der Waals surface area contributed by atoms with Gasteiger partial charge in [0.1, 0.15) is 9.21 Å². The maximum absolute atomic E-state index is 10.9. The second-order valence-electron chi connectivity index (χ2n) is 8.21. The van der Waals surface area contributed by atoms with Crippen molar-refractivity contribution in [1.82, 2.24) is 35.6 Å². The average Bonchev–Trinajstić information content (AvgIpc) is 3.54. The molecule has 0 saturated heterocycles. The van der Waals surface area contributed by atoms with E-state index in [0.717, 1.165) is 22.0 Å². The number of nitrogen functional groups attached to an aromatic ring is 3. The van der Waals surface area contributed by atoms with Gasteiger partial charge in [-0.1, -0.05) is 56.1 Å². The largest absolute Gasteiger partial charge is 0.478 e. The first-order valence-corrected chi connectivity index (χ1v) is 15.8. The fourth-order valence-corrected chi connectivity index (χ4v) is 4.41. The van der Waals surface area contributed by atoms with Gasteiger partial charge in [0.15, 0.2) is 23.0 Å². The summed E-state index contributed by atoms with van der Waals surface area (Å²) < 4.78 is 6.63. The molecule has 0 radical (unpaired) electrons. The lowest BCUT2D eigenvalue weighted by molar-refractivity contribution is 0.0696. The molecule has 3 aromatic heterocycles. The van der Waals surface area contributed by atoms with Gasteiger partial charge in [-0.3, -0.25) is 10.2 Å². The number of aromatic nitrogens is 6. The lowest BCUT2D eigenvalue weighted by Gasteiger charge is -2.01. The third kappa shape index (κ3) is 9.84. The van der Waals surface area contributed by atoms with E-state index in [9.17, 15) is 9.59 Å². The molecule has 0 aliphatic heterocycles. The number of carboxylic acids is 1. The number of hydrazine groups is 1. The Bertz CT molecular complexity index is 1760. The number of nitrogens with zero attached hydrogens (tertiary/aromatic N) is 6. The van der Waals surface area contributed by atoms with E-state index in [1.165, 1.54) is 12.4 Å². The molecule has 3 heterocycles. The number of carbonyl (C=O) groups is 2. The molecule has 0 bridgehead atoms. The SMILES string of the molecule is NNC(=O)c1nc(Br)cnc1N.Nc1ncc(Br)nc1-c1nnc(-c2cccc(CBr)c2)o1.O=C(O)c1cccc(CBr)c1. The fourth-order valence-electron chi connectivity index (χ4n) is 3.16. The maximum Gasteiger partial charge on any atom is 0.335 e. The van der Waals surface area contributed by atoms with Gasteiger partial charge in [0, 0.05) is 16.2 Å². The summed E-state index contributed by atoms with van der Waals surface area (Å²) in [5.41, 5.74) is 16.7. The van der Waals surface area contributed by atoms with Crippen LogP contribution in [0.2, 0.25) is 0 Å². The van der Waals surface area contributed by atoms with E-state index in [4.69, 9.17) is 26.8 Å². The van der Waals surface area contributed by atoms with Crippen LogP contribution in [0.5, 0.6) is 0 Å². The van der Waals surface area contributed by atoms with Gasteiger partial charge in [-0.05, 0) is 67.3 Å². The number of amides is 1. The monoisotopic (exact) mass is 854 g/mol. The van der Waals surface area contributed by atoms with Crippen LogP contribution in [0.3, 0.4) is 0 Å². The number of carboxylic acid groups (broad SMARTS) is 1. The first-order chi connectivity index (χ1) is 21.1. The lowest BCUT2D eigenvalue weighted by Crippen LogP contribution is -2.31. The van der Waals surface area contributed by atoms with Gasteiger partial charge in [-0.25, -0.2) is 30.6 Å². The fraction of sp³-hybridized carbons (Fsp3) is 0.0769. The van der Waals surface area contributed by atoms with Gasteiger partial charge in [0.05, 0.1) is 18.0 Å². The lowest BCUT2D eigenvalue weighted by atomic mass is 10.1. The summed E-state index contributed by atoms with van der Waals surface area (Å²) >= 11 is 12.9. The van der Waals surface area contributed by atoms with Crippen LogP contribution in [0.25, 0.3) is 23.0 Å². The van der Waals surface area contributed by atoms with Gasteiger partial charge >= 0.3 is 5.97 Å². The highest BCUT2D eigenvalue weighted by atomic mass is 79.9. The molecular weight excluding hydrogens is 836 g/mol. The van der Waals surface area contributed by atoms with Crippen molar-refractivity contribution >= 4 is 87.2 Å². The van der Waals surface area contributed by atoms with Gasteiger partial charge in [0.25, 0.3) is 11.8 Å². The van der Waals surface area contributed by atoms with Crippen LogP contribution in [0.4, 0.5) is 11.6 Å². The second kappa shape index (κ2) is 16.9. The van der Waals surface area contributed by atoms with Crippen molar-refractivity contribution in [3.05, 3.63) is 92.5 Å². The molecule has 228 valence electrons. The first kappa shape index (κ1) is 34.6. The number of hydrogen-bond donors (Lipinski definition) is 5. The molecule has 5 rings (SSSR count). The minimum Gasteiger partial charge on any atom is -0.478 e. The summed E-state index contributed by atoms with van der Waals surface area (Å²) in [5.74, 6) is 4.36. The molecule has 44 heavy (non-hydrogen) atoms. The number of carbonyl (C=O) groups excluding carboxylic acids is 1. The van der Waals surface area contributed by atoms with E-state index in [0.29, 0.717) is 31.7 Å². The Morgan fingerprint density at radius 2 is 1.43 bits per heavy atom. The molecule has 14 nitrogen and oxygen atoms in total. The summed E-state index contributed by atoms with van der Waals surface area (Å²) in [6, 6.07) is 14.7. The third-order valence-corrected chi connectivity index (χ3v) is 7.23. The first-order valence-electron chi connectivity index (χ1n) is 12.0. The van der Waals surface area contributed by atoms with E-state index in [1.54, 1.807) is 18.2 Å². The van der Waals surface area contributed by atoms with Crippen molar-refractivity contribution in [2.75, 3.05) is 11.5 Å². The van der Waals surface area contributed by atoms with E-state index >= 15 is 0 Å². The minimum absolute atomic E-state index is 0.00637. The Kier molecular flexibility index (Phi) is 13.3. The number of rotatable bonds is 6. The minimum atomic E-state index is -0.882. The second-order valence-corrected chi connectivity index (χ2v) is 11.0. The molecule has 0 spiro atoms. The third-order valence-electron chi connectivity index (χ3n) is 5.17. The Balaban J connectivity index is 0.000000196. The Hall–Kier alpha value is -3.84. The predicted molar refractivity (Wildman–Crippen MR) is 177 cm³/mol. The molecule has 18 heteroatoms. The number of hydrogen-bond acceptors (Lipinski definition) is 12. The zero-order valence-electron chi connectivity index (χ0n) is 22.3. The molecule has 0 saturated carbocycles. The molecule has 5 aromatic rings. The predicted octanol–water partition coefficient (Wildman–Crippen LogP) is 5.14. The van der Waals surface area contributed by atoms with E-state index in [2.05, 4.69) is 93.9 Å². The molecule has 0 atom stereocenters. The summed E-state index contributed by atoms with van der Waals surface area (Å²) in [6.07, 6.45) is 2.90. The van der Waals surface area contributed by atoms with Crippen molar-refractivity contribution in [2.45, 2.75) is 10.7 Å². The zero-order valence-corrected chi connectivity index (χ0v) is 28.6. The van der Waals surface area contributed by atoms with Gasteiger partial charge in [-0.2, -0.15) is 0 Å². The summed E-state index contributed by atoms with van der Waals surface area (Å²) in [7, 11) is 0. The van der Waals surface area contributed by atoms with Crippen molar-refractivity contribution in [2.24, 2.45) is 5.84 Å². The zero-order chi connectivity index (χ0) is 32.2. The topological polar surface area (TPSA) is 235 Å². The maximum atomic E-state index is 10.9. The smallest absolute Gasteiger partial charge is 0.335 e. The van der Waals surface area contributed by atoms with Crippen LogP contribution >= 0.6 is 63.7 Å². The number of nitrogens with one attached hydrogen (secondary N) is 1. The highest BCUT2D eigenvalue weighted by molar-refractivity contribution is 9.10. The van der Waals surface area contributed by atoms with Crippen molar-refractivity contribution < 1.29 is 19.1 Å². The molecule has 0 unspecified atom stereocenters. The standard InChI is InChI=1S/C13H9Br2N5O.C8H7BrO2.C5H6BrN5O/c14-5-7-2-1-3-8(4-7)12-19-20-13(21-12)10-11(16)17-6-9(15)18-10;9-5-6-2-1-3-7(4-6)8(10)11;6-2-1-9-4(7)3(10-2)5(12)11-8/h1-4,6H,5H2,(H2,16,17);1-4H,5H2,(H,10,11);1H,8H2,(H2,7,9)(H,11,12). The average molecular weight is 858 g/mol. The number of benzene rings is 2. The molecular formula is C26H22Br4N10O4. The van der Waals surface area contributed by atoms with Gasteiger partial charge < -0.3 is 21.0 Å². The molecule has 1 amide bonds. The van der Waals surface area contributed by atoms with Gasteiger partial charge in [-0.15, -0.1) is 10.2 Å². The van der Waals surface area contributed by atoms with Crippen molar-refractivity contribution in [3.63, 3.8) is 0 Å². The summed E-state index contributed by atoms with van der Waals surface area (Å²) in [5, 5.41) is 18.1. The summed E-state index contributed by atoms with van der Waals surface area (Å²) in [6.45, 7) is 0. The van der Waals surface area contributed by atoms with Crippen LogP contribution in [0, 0.1) is 0 Å². The Morgan fingerprint density at radius 1 is 0.841 bits per heavy atom.